The van der Waals surface area contributed by atoms with Gasteiger partial charge >= 0.3 is 0 Å². The summed E-state index contributed by atoms with van der Waals surface area (Å²) in [6, 6.07) is 7.43. The Kier molecular flexibility index (Phi) is 4.10. The van der Waals surface area contributed by atoms with E-state index in [1.54, 1.807) is 0 Å². The molecule has 2 unspecified atom stereocenters. The molecule has 0 saturated carbocycles. The first-order chi connectivity index (χ1) is 9.06. The highest BCUT2D eigenvalue weighted by molar-refractivity contribution is 6.20. The van der Waals surface area contributed by atoms with Gasteiger partial charge in [-0.15, -0.1) is 11.6 Å². The summed E-state index contributed by atoms with van der Waals surface area (Å²) >= 11 is 6.19. The van der Waals surface area contributed by atoms with Crippen molar-refractivity contribution >= 4 is 28.5 Å². The lowest BCUT2D eigenvalue weighted by Gasteiger charge is -2.17. The van der Waals surface area contributed by atoms with Crippen molar-refractivity contribution < 1.29 is 4.79 Å². The molecule has 1 aromatic heterocycles. The summed E-state index contributed by atoms with van der Waals surface area (Å²) in [6.07, 6.45) is 0. The van der Waals surface area contributed by atoms with Crippen molar-refractivity contribution in [3.63, 3.8) is 0 Å². The molecule has 0 spiro atoms. The number of rotatable bonds is 4. The molecule has 1 amide bonds. The average molecular weight is 280 g/mol. The summed E-state index contributed by atoms with van der Waals surface area (Å²) in [6.45, 7) is 6.24. The van der Waals surface area contributed by atoms with Crippen LogP contribution < -0.4 is 5.32 Å². The van der Waals surface area contributed by atoms with Crippen LogP contribution in [0.3, 0.4) is 0 Å². The number of para-hydroxylation sites is 2. The molecule has 0 aliphatic carbocycles. The maximum atomic E-state index is 12.1. The number of aromatic nitrogens is 2. The lowest BCUT2D eigenvalue weighted by Crippen LogP contribution is -2.31. The van der Waals surface area contributed by atoms with E-state index >= 15 is 0 Å². The van der Waals surface area contributed by atoms with Gasteiger partial charge in [-0.05, 0) is 32.9 Å². The van der Waals surface area contributed by atoms with Crippen LogP contribution in [0.5, 0.6) is 0 Å². The number of nitrogens with zero attached hydrogens (tertiary/aromatic N) is 2. The predicted octanol–water partition coefficient (Wildman–Crippen LogP) is 3.03. The van der Waals surface area contributed by atoms with Gasteiger partial charge in [-0.25, -0.2) is 4.98 Å². The molecule has 1 N–H and O–H groups in total. The zero-order valence-corrected chi connectivity index (χ0v) is 12.1. The number of alkyl halides is 1. The fourth-order valence-corrected chi connectivity index (χ4v) is 2.34. The molecule has 5 heteroatoms. The van der Waals surface area contributed by atoms with E-state index in [-0.39, 0.29) is 17.3 Å². The fraction of sp³-hybridized carbons (Fsp3) is 0.429. The van der Waals surface area contributed by atoms with Crippen LogP contribution in [-0.4, -0.2) is 22.0 Å². The molecule has 102 valence electrons. The molecule has 1 heterocycles. The van der Waals surface area contributed by atoms with Crippen molar-refractivity contribution in [2.75, 3.05) is 6.54 Å². The molecule has 2 aromatic rings. The van der Waals surface area contributed by atoms with Gasteiger partial charge in [-0.1, -0.05) is 12.1 Å². The van der Waals surface area contributed by atoms with E-state index in [4.69, 9.17) is 11.6 Å². The van der Waals surface area contributed by atoms with Gasteiger partial charge in [0.25, 0.3) is 0 Å². The third-order valence-corrected chi connectivity index (χ3v) is 3.29. The number of nitrogens with one attached hydrogen (secondary N) is 1. The van der Waals surface area contributed by atoms with E-state index in [1.165, 1.54) is 0 Å². The first kappa shape index (κ1) is 13.9. The molecule has 0 aliphatic rings. The first-order valence-corrected chi connectivity index (χ1v) is 6.88. The van der Waals surface area contributed by atoms with Gasteiger partial charge in [0, 0.05) is 6.54 Å². The third kappa shape index (κ3) is 2.59. The Morgan fingerprint density at radius 3 is 2.74 bits per heavy atom. The van der Waals surface area contributed by atoms with Crippen LogP contribution in [-0.2, 0) is 4.79 Å². The molecule has 1 aromatic carbocycles. The third-order valence-electron chi connectivity index (χ3n) is 3.10. The summed E-state index contributed by atoms with van der Waals surface area (Å²) < 4.78 is 1.91. The first-order valence-electron chi connectivity index (χ1n) is 6.45. The van der Waals surface area contributed by atoms with Crippen LogP contribution in [0.4, 0.5) is 0 Å². The molecule has 0 aliphatic heterocycles. The monoisotopic (exact) mass is 279 g/mol. The number of hydrogen-bond donors (Lipinski definition) is 1. The molecule has 19 heavy (non-hydrogen) atoms. The minimum Gasteiger partial charge on any atom is -0.355 e. The van der Waals surface area contributed by atoms with Crippen molar-refractivity contribution in [1.29, 1.82) is 0 Å². The summed E-state index contributed by atoms with van der Waals surface area (Å²) in [5.41, 5.74) is 1.80. The number of fused-ring (bicyclic) bond motifs is 1. The number of likely N-dealkylation sites (N-methyl/N-ethyl adjacent to an activating group) is 1. The molecule has 2 rings (SSSR count). The summed E-state index contributed by atoms with van der Waals surface area (Å²) in [4.78, 5) is 16.6. The molecular formula is C14H18ClN3O. The predicted molar refractivity (Wildman–Crippen MR) is 77.4 cm³/mol. The lowest BCUT2D eigenvalue weighted by molar-refractivity contribution is -0.123. The van der Waals surface area contributed by atoms with Crippen molar-refractivity contribution in [3.05, 3.63) is 30.1 Å². The Morgan fingerprint density at radius 1 is 1.42 bits per heavy atom. The Hall–Kier alpha value is -1.55. The van der Waals surface area contributed by atoms with Crippen molar-refractivity contribution in [2.24, 2.45) is 0 Å². The number of hydrogen-bond acceptors (Lipinski definition) is 2. The van der Waals surface area contributed by atoms with Gasteiger partial charge in [0.15, 0.2) is 0 Å². The Balaban J connectivity index is 2.56. The molecular weight excluding hydrogens is 262 g/mol. The Labute approximate surface area is 117 Å². The highest BCUT2D eigenvalue weighted by Gasteiger charge is 2.22. The number of carbonyl (C=O) groups is 1. The molecule has 0 fully saturated rings. The van der Waals surface area contributed by atoms with Crippen LogP contribution in [0.1, 0.15) is 38.0 Å². The summed E-state index contributed by atoms with van der Waals surface area (Å²) in [7, 11) is 0. The second-order valence-electron chi connectivity index (χ2n) is 4.52. The van der Waals surface area contributed by atoms with Gasteiger partial charge in [0.1, 0.15) is 11.9 Å². The van der Waals surface area contributed by atoms with E-state index in [2.05, 4.69) is 10.3 Å². The maximum absolute atomic E-state index is 12.1. The molecule has 2 atom stereocenters. The van der Waals surface area contributed by atoms with Gasteiger partial charge in [0.2, 0.25) is 5.91 Å². The second-order valence-corrected chi connectivity index (χ2v) is 5.17. The van der Waals surface area contributed by atoms with Gasteiger partial charge in [-0.3, -0.25) is 4.79 Å². The highest BCUT2D eigenvalue weighted by Crippen LogP contribution is 2.27. The zero-order chi connectivity index (χ0) is 14.0. The quantitative estimate of drug-likeness (QED) is 0.875. The van der Waals surface area contributed by atoms with Crippen molar-refractivity contribution in [1.82, 2.24) is 14.9 Å². The normalized spacial score (nSPS) is 14.3. The largest absolute Gasteiger partial charge is 0.355 e. The topological polar surface area (TPSA) is 46.9 Å². The zero-order valence-electron chi connectivity index (χ0n) is 11.4. The van der Waals surface area contributed by atoms with Crippen LogP contribution >= 0.6 is 11.6 Å². The Bertz CT molecular complexity index is 591. The number of carbonyl (C=O) groups excluding carboxylic acids is 1. The molecule has 0 bridgehead atoms. The number of benzene rings is 1. The molecule has 4 nitrogen and oxygen atoms in total. The van der Waals surface area contributed by atoms with E-state index in [0.717, 1.165) is 16.9 Å². The van der Waals surface area contributed by atoms with E-state index in [9.17, 15) is 4.79 Å². The van der Waals surface area contributed by atoms with Gasteiger partial charge in [-0.2, -0.15) is 0 Å². The summed E-state index contributed by atoms with van der Waals surface area (Å²) in [5, 5.41) is 2.59. The molecule has 0 saturated heterocycles. The minimum absolute atomic E-state index is 0.0239. The molecule has 0 radical (unpaired) electrons. The van der Waals surface area contributed by atoms with Crippen LogP contribution in [0.15, 0.2) is 24.3 Å². The van der Waals surface area contributed by atoms with E-state index < -0.39 is 0 Å². The van der Waals surface area contributed by atoms with E-state index in [0.29, 0.717) is 6.54 Å². The lowest BCUT2D eigenvalue weighted by atomic mass is 10.2. The Morgan fingerprint density at radius 2 is 2.11 bits per heavy atom. The smallest absolute Gasteiger partial charge is 0.242 e. The van der Waals surface area contributed by atoms with Crippen LogP contribution in [0, 0.1) is 0 Å². The highest BCUT2D eigenvalue weighted by atomic mass is 35.5. The van der Waals surface area contributed by atoms with E-state index in [1.807, 2.05) is 49.6 Å². The maximum Gasteiger partial charge on any atom is 0.242 e. The minimum atomic E-state index is -0.330. The fourth-order valence-electron chi connectivity index (χ4n) is 2.19. The average Bonchev–Trinajstić information content (AvgIpc) is 2.77. The SMILES string of the molecule is CCNC(=O)C(C)n1c(C(C)Cl)nc2ccccc21. The summed E-state index contributed by atoms with van der Waals surface area (Å²) in [5.74, 6) is 0.700. The van der Waals surface area contributed by atoms with Crippen LogP contribution in [0.25, 0.3) is 11.0 Å². The standard InChI is InChI=1S/C14H18ClN3O/c1-4-16-14(19)10(3)18-12-8-6-5-7-11(12)17-13(18)9(2)15/h5-10H,4H2,1-3H3,(H,16,19). The van der Waals surface area contributed by atoms with Gasteiger partial charge in [0.05, 0.1) is 16.4 Å². The van der Waals surface area contributed by atoms with Crippen molar-refractivity contribution in [2.45, 2.75) is 32.2 Å². The second kappa shape index (κ2) is 5.61. The van der Waals surface area contributed by atoms with Crippen molar-refractivity contribution in [3.8, 4) is 0 Å². The number of imidazole rings is 1. The number of halogens is 1. The van der Waals surface area contributed by atoms with Gasteiger partial charge < -0.3 is 9.88 Å². The van der Waals surface area contributed by atoms with Crippen LogP contribution in [0.2, 0.25) is 0 Å². The number of amides is 1.